The lowest BCUT2D eigenvalue weighted by Gasteiger charge is -1.98. The van der Waals surface area contributed by atoms with Gasteiger partial charge in [0, 0.05) is 6.20 Å². The lowest BCUT2D eigenvalue weighted by molar-refractivity contribution is 1.16. The normalized spacial score (nSPS) is 9.90. The first-order valence-electron chi connectivity index (χ1n) is 2.91. The number of aromatic nitrogens is 1. The fraction of sp³-hybridized carbons (Fsp3) is 0.286. The van der Waals surface area contributed by atoms with Gasteiger partial charge in [-0.3, -0.25) is 0 Å². The predicted molar refractivity (Wildman–Crippen MR) is 46.2 cm³/mol. The molecule has 0 bridgehead atoms. The second-order valence-corrected chi connectivity index (χ2v) is 3.11. The summed E-state index contributed by atoms with van der Waals surface area (Å²) in [5.74, 6) is 0.509. The molecule has 0 aliphatic heterocycles. The zero-order valence-corrected chi connectivity index (χ0v) is 7.91. The number of alkyl halides is 1. The summed E-state index contributed by atoms with van der Waals surface area (Å²) in [6.07, 6.45) is 1.81. The molecule has 1 aromatic heterocycles. The maximum absolute atomic E-state index is 5.63. The number of hydrogen-bond donors (Lipinski definition) is 0. The molecule has 10 heavy (non-hydrogen) atoms. The molecule has 0 aliphatic carbocycles. The summed E-state index contributed by atoms with van der Waals surface area (Å²) in [5, 5.41) is 0. The molecule has 3 heteroatoms. The molecule has 0 fully saturated rings. The first kappa shape index (κ1) is 8.02. The van der Waals surface area contributed by atoms with E-state index in [0.29, 0.717) is 5.88 Å². The second-order valence-electron chi connectivity index (χ2n) is 2.10. The fourth-order valence-electron chi connectivity index (χ4n) is 0.707. The Morgan fingerprint density at radius 3 is 2.90 bits per heavy atom. The molecule has 1 heterocycles. The van der Waals surface area contributed by atoms with Crippen molar-refractivity contribution in [3.8, 4) is 0 Å². The van der Waals surface area contributed by atoms with Crippen molar-refractivity contribution >= 4 is 27.5 Å². The molecule has 1 rings (SSSR count). The molecular weight excluding hydrogens is 213 g/mol. The van der Waals surface area contributed by atoms with Crippen LogP contribution < -0.4 is 0 Å². The van der Waals surface area contributed by atoms with Gasteiger partial charge in [-0.25, -0.2) is 4.98 Å². The molecule has 0 spiro atoms. The minimum absolute atomic E-state index is 0.509. The van der Waals surface area contributed by atoms with E-state index in [9.17, 15) is 0 Å². The van der Waals surface area contributed by atoms with E-state index in [-0.39, 0.29) is 0 Å². The van der Waals surface area contributed by atoms with E-state index in [4.69, 9.17) is 11.6 Å². The van der Waals surface area contributed by atoms with Gasteiger partial charge in [-0.15, -0.1) is 11.6 Å². The lowest BCUT2D eigenvalue weighted by atomic mass is 10.2. The van der Waals surface area contributed by atoms with Crippen LogP contribution in [-0.2, 0) is 5.88 Å². The van der Waals surface area contributed by atoms with Gasteiger partial charge in [-0.05, 0) is 34.0 Å². The van der Waals surface area contributed by atoms with E-state index in [1.165, 1.54) is 0 Å². The first-order valence-corrected chi connectivity index (χ1v) is 4.24. The summed E-state index contributed by atoms with van der Waals surface area (Å²) in [7, 11) is 0. The van der Waals surface area contributed by atoms with Gasteiger partial charge in [-0.1, -0.05) is 6.07 Å². The van der Waals surface area contributed by atoms with Gasteiger partial charge in [0.2, 0.25) is 0 Å². The number of rotatable bonds is 1. The highest BCUT2D eigenvalue weighted by atomic mass is 79.9. The Bertz CT molecular complexity index is 237. The highest BCUT2D eigenvalue weighted by Gasteiger charge is 1.97. The van der Waals surface area contributed by atoms with Gasteiger partial charge in [0.15, 0.2) is 0 Å². The molecular formula is C7H7BrClN. The van der Waals surface area contributed by atoms with Crippen LogP contribution in [0.25, 0.3) is 0 Å². The van der Waals surface area contributed by atoms with Crippen molar-refractivity contribution in [3.05, 3.63) is 28.0 Å². The van der Waals surface area contributed by atoms with Crippen molar-refractivity contribution in [3.63, 3.8) is 0 Å². The maximum atomic E-state index is 5.63. The first-order chi connectivity index (χ1) is 4.74. The van der Waals surface area contributed by atoms with E-state index in [0.717, 1.165) is 15.7 Å². The zero-order valence-electron chi connectivity index (χ0n) is 5.56. The van der Waals surface area contributed by atoms with Crippen LogP contribution in [0.5, 0.6) is 0 Å². The molecule has 0 aliphatic rings. The van der Waals surface area contributed by atoms with E-state index < -0.39 is 0 Å². The fourth-order valence-corrected chi connectivity index (χ4v) is 1.43. The van der Waals surface area contributed by atoms with Crippen LogP contribution in [0.2, 0.25) is 0 Å². The summed E-state index contributed by atoms with van der Waals surface area (Å²) >= 11 is 8.93. The lowest BCUT2D eigenvalue weighted by Crippen LogP contribution is -1.85. The van der Waals surface area contributed by atoms with Crippen LogP contribution in [0.4, 0.5) is 0 Å². The minimum atomic E-state index is 0.509. The predicted octanol–water partition coefficient (Wildman–Crippen LogP) is 2.89. The minimum Gasteiger partial charge on any atom is -0.249 e. The van der Waals surface area contributed by atoms with E-state index in [1.807, 2.05) is 13.0 Å². The third kappa shape index (κ3) is 1.70. The van der Waals surface area contributed by atoms with Gasteiger partial charge in [0.25, 0.3) is 0 Å². The molecule has 0 unspecified atom stereocenters. The van der Waals surface area contributed by atoms with Crippen LogP contribution in [-0.4, -0.2) is 4.98 Å². The summed E-state index contributed by atoms with van der Waals surface area (Å²) < 4.78 is 0.841. The number of nitrogens with zero attached hydrogens (tertiary/aromatic N) is 1. The van der Waals surface area contributed by atoms with E-state index >= 15 is 0 Å². The standard InChI is InChI=1S/C7H7BrClN/c1-5-2-6(3-9)7(8)10-4-5/h2,4H,3H2,1H3. The topological polar surface area (TPSA) is 12.9 Å². The quantitative estimate of drug-likeness (QED) is 0.524. The summed E-state index contributed by atoms with van der Waals surface area (Å²) in [4.78, 5) is 4.08. The Morgan fingerprint density at radius 2 is 2.40 bits per heavy atom. The highest BCUT2D eigenvalue weighted by Crippen LogP contribution is 2.16. The summed E-state index contributed by atoms with van der Waals surface area (Å²) in [6, 6.07) is 2.02. The van der Waals surface area contributed by atoms with Crippen LogP contribution >= 0.6 is 27.5 Å². The van der Waals surface area contributed by atoms with Gasteiger partial charge in [-0.2, -0.15) is 0 Å². The molecule has 0 saturated carbocycles. The number of halogens is 2. The molecule has 0 amide bonds. The Kier molecular flexibility index (Phi) is 2.69. The van der Waals surface area contributed by atoms with E-state index in [2.05, 4.69) is 20.9 Å². The molecule has 1 nitrogen and oxygen atoms in total. The number of pyridine rings is 1. The monoisotopic (exact) mass is 219 g/mol. The molecule has 54 valence electrons. The molecule has 0 saturated heterocycles. The summed E-state index contributed by atoms with van der Waals surface area (Å²) in [6.45, 7) is 2.00. The van der Waals surface area contributed by atoms with Crippen molar-refractivity contribution in [2.45, 2.75) is 12.8 Å². The van der Waals surface area contributed by atoms with Crippen molar-refractivity contribution in [1.29, 1.82) is 0 Å². The Morgan fingerprint density at radius 1 is 1.70 bits per heavy atom. The van der Waals surface area contributed by atoms with Crippen LogP contribution in [0, 0.1) is 6.92 Å². The zero-order chi connectivity index (χ0) is 7.56. The van der Waals surface area contributed by atoms with Crippen molar-refractivity contribution in [2.24, 2.45) is 0 Å². The average Bonchev–Trinajstić information content (AvgIpc) is 1.94. The second kappa shape index (κ2) is 3.35. The Hall–Kier alpha value is -0.0800. The maximum Gasteiger partial charge on any atom is 0.110 e. The smallest absolute Gasteiger partial charge is 0.110 e. The third-order valence-electron chi connectivity index (χ3n) is 1.19. The van der Waals surface area contributed by atoms with Gasteiger partial charge in [0.05, 0.1) is 5.88 Å². The molecule has 0 aromatic carbocycles. The third-order valence-corrected chi connectivity index (χ3v) is 2.19. The SMILES string of the molecule is Cc1cnc(Br)c(CCl)c1. The molecule has 0 N–H and O–H groups in total. The largest absolute Gasteiger partial charge is 0.249 e. The Balaban J connectivity index is 3.09. The molecule has 0 atom stereocenters. The number of hydrogen-bond acceptors (Lipinski definition) is 1. The molecule has 1 aromatic rings. The average molecular weight is 220 g/mol. The summed E-state index contributed by atoms with van der Waals surface area (Å²) in [5.41, 5.74) is 2.18. The van der Waals surface area contributed by atoms with Crippen molar-refractivity contribution in [2.75, 3.05) is 0 Å². The van der Waals surface area contributed by atoms with E-state index in [1.54, 1.807) is 6.20 Å². The van der Waals surface area contributed by atoms with Crippen LogP contribution in [0.3, 0.4) is 0 Å². The van der Waals surface area contributed by atoms with Crippen LogP contribution in [0.15, 0.2) is 16.9 Å². The van der Waals surface area contributed by atoms with Gasteiger partial charge >= 0.3 is 0 Å². The highest BCUT2D eigenvalue weighted by molar-refractivity contribution is 9.10. The van der Waals surface area contributed by atoms with Crippen molar-refractivity contribution in [1.82, 2.24) is 4.98 Å². The van der Waals surface area contributed by atoms with Gasteiger partial charge < -0.3 is 0 Å². The van der Waals surface area contributed by atoms with Gasteiger partial charge in [0.1, 0.15) is 4.60 Å². The number of aryl methyl sites for hydroxylation is 1. The Labute approximate surface area is 73.6 Å². The van der Waals surface area contributed by atoms with Crippen molar-refractivity contribution < 1.29 is 0 Å². The molecule has 0 radical (unpaired) electrons. The van der Waals surface area contributed by atoms with Crippen LogP contribution in [0.1, 0.15) is 11.1 Å².